The van der Waals surface area contributed by atoms with Gasteiger partial charge in [0.05, 0.1) is 0 Å². The van der Waals surface area contributed by atoms with Crippen molar-refractivity contribution in [3.05, 3.63) is 182 Å². The van der Waals surface area contributed by atoms with Gasteiger partial charge in [0.15, 0.2) is 23.1 Å². The molecular weight excluding hydrogens is 713 g/mol. The second-order valence-electron chi connectivity index (χ2n) is 14.6. The predicted octanol–water partition coefficient (Wildman–Crippen LogP) is 13.7. The molecule has 6 nitrogen and oxygen atoms in total. The third-order valence-electron chi connectivity index (χ3n) is 11.1. The molecule has 3 aromatic heterocycles. The molecular formula is C52H30N4O2. The number of oxazole rings is 1. The summed E-state index contributed by atoms with van der Waals surface area (Å²) in [6.45, 7) is 0. The standard InChI is InChI=1S/C52H30N4O2/c1-3-12-33(13-4-1)49-54-50(37-23-26-39-35(29-37)22-21-31-11-7-8-17-38(31)39)56-51(55-49)41-19-10-20-45-47(41)42-30-36(25-28-44(42)57-45)40-18-9-16-32-24-27-43-48(46(32)40)58-52(53-43)34-14-5-2-6-15-34/h1-30H. The largest absolute Gasteiger partial charge is 0.456 e. The van der Waals surface area contributed by atoms with Gasteiger partial charge in [0.2, 0.25) is 5.89 Å². The zero-order valence-corrected chi connectivity index (χ0v) is 30.9. The number of benzene rings is 9. The first-order valence-electron chi connectivity index (χ1n) is 19.3. The molecule has 0 saturated carbocycles. The summed E-state index contributed by atoms with van der Waals surface area (Å²) in [7, 11) is 0. The average molecular weight is 743 g/mol. The smallest absolute Gasteiger partial charge is 0.227 e. The molecule has 0 saturated heterocycles. The molecule has 3 heterocycles. The third kappa shape index (κ3) is 5.20. The van der Waals surface area contributed by atoms with Gasteiger partial charge in [0.1, 0.15) is 16.7 Å². The molecule has 9 aromatic carbocycles. The monoisotopic (exact) mass is 742 g/mol. The van der Waals surface area contributed by atoms with Crippen LogP contribution in [0.1, 0.15) is 0 Å². The van der Waals surface area contributed by atoms with Crippen molar-refractivity contribution in [1.82, 2.24) is 19.9 Å². The third-order valence-corrected chi connectivity index (χ3v) is 11.1. The molecule has 0 unspecified atom stereocenters. The Bertz CT molecular complexity index is 3570. The Morgan fingerprint density at radius 2 is 1.00 bits per heavy atom. The van der Waals surface area contributed by atoms with Gasteiger partial charge >= 0.3 is 0 Å². The van der Waals surface area contributed by atoms with Crippen molar-refractivity contribution in [1.29, 1.82) is 0 Å². The SMILES string of the molecule is c1ccc(-c2nc(-c3ccc4c(ccc5ccccc54)c3)nc(-c3cccc4oc5ccc(-c6cccc7ccc8nc(-c9ccccc9)oc8c67)cc5c34)n2)cc1. The van der Waals surface area contributed by atoms with Crippen LogP contribution in [0.15, 0.2) is 191 Å². The van der Waals surface area contributed by atoms with Gasteiger partial charge in [-0.1, -0.05) is 140 Å². The fourth-order valence-corrected chi connectivity index (χ4v) is 8.37. The fraction of sp³-hybridized carbons (Fsp3) is 0. The van der Waals surface area contributed by atoms with Gasteiger partial charge in [-0.15, -0.1) is 0 Å². The summed E-state index contributed by atoms with van der Waals surface area (Å²) in [5, 5.41) is 8.75. The van der Waals surface area contributed by atoms with Crippen LogP contribution in [0, 0.1) is 0 Å². The van der Waals surface area contributed by atoms with Crippen LogP contribution < -0.4 is 0 Å². The van der Waals surface area contributed by atoms with Crippen LogP contribution in [-0.2, 0) is 0 Å². The highest BCUT2D eigenvalue weighted by molar-refractivity contribution is 6.16. The van der Waals surface area contributed by atoms with Crippen LogP contribution in [-0.4, -0.2) is 19.9 Å². The molecule has 0 aliphatic rings. The van der Waals surface area contributed by atoms with E-state index in [9.17, 15) is 0 Å². The summed E-state index contributed by atoms with van der Waals surface area (Å²) in [6.07, 6.45) is 0. The van der Waals surface area contributed by atoms with E-state index in [0.29, 0.717) is 23.4 Å². The van der Waals surface area contributed by atoms with Crippen LogP contribution in [0.3, 0.4) is 0 Å². The first-order valence-corrected chi connectivity index (χ1v) is 19.3. The summed E-state index contributed by atoms with van der Waals surface area (Å²) in [5.74, 6) is 2.38. The van der Waals surface area contributed by atoms with E-state index in [-0.39, 0.29) is 0 Å². The van der Waals surface area contributed by atoms with E-state index >= 15 is 0 Å². The first-order chi connectivity index (χ1) is 28.7. The van der Waals surface area contributed by atoms with Crippen molar-refractivity contribution in [2.45, 2.75) is 0 Å². The minimum absolute atomic E-state index is 0.572. The molecule has 0 radical (unpaired) electrons. The lowest BCUT2D eigenvalue weighted by molar-refractivity contribution is 0.623. The topological polar surface area (TPSA) is 77.8 Å². The van der Waals surface area contributed by atoms with E-state index in [1.807, 2.05) is 78.9 Å². The zero-order chi connectivity index (χ0) is 38.2. The van der Waals surface area contributed by atoms with Crippen molar-refractivity contribution in [3.8, 4) is 56.7 Å². The molecule has 0 bridgehead atoms. The number of hydrogen-bond donors (Lipinski definition) is 0. The minimum Gasteiger partial charge on any atom is -0.456 e. The van der Waals surface area contributed by atoms with Crippen molar-refractivity contribution < 1.29 is 8.83 Å². The molecule has 6 heteroatoms. The second-order valence-corrected chi connectivity index (χ2v) is 14.6. The Hall–Kier alpha value is -7.96. The van der Waals surface area contributed by atoms with Crippen LogP contribution in [0.4, 0.5) is 0 Å². The number of aromatic nitrogens is 4. The van der Waals surface area contributed by atoms with E-state index in [1.165, 1.54) is 16.2 Å². The Kier molecular flexibility index (Phi) is 7.13. The van der Waals surface area contributed by atoms with Gasteiger partial charge in [-0.3, -0.25) is 0 Å². The lowest BCUT2D eigenvalue weighted by Gasteiger charge is -2.11. The molecule has 12 rings (SSSR count). The normalized spacial score (nSPS) is 11.8. The molecule has 12 aromatic rings. The molecule has 0 fully saturated rings. The minimum atomic E-state index is 0.572. The zero-order valence-electron chi connectivity index (χ0n) is 30.9. The number of nitrogens with zero attached hydrogens (tertiary/aromatic N) is 4. The summed E-state index contributed by atoms with van der Waals surface area (Å²) >= 11 is 0. The summed E-state index contributed by atoms with van der Waals surface area (Å²) in [5.41, 5.74) is 8.83. The first kappa shape index (κ1) is 32.3. The van der Waals surface area contributed by atoms with Crippen molar-refractivity contribution >= 4 is 65.4 Å². The molecule has 0 spiro atoms. The molecule has 0 N–H and O–H groups in total. The van der Waals surface area contributed by atoms with E-state index < -0.39 is 0 Å². The van der Waals surface area contributed by atoms with E-state index in [4.69, 9.17) is 28.8 Å². The van der Waals surface area contributed by atoms with Gasteiger partial charge < -0.3 is 8.83 Å². The van der Waals surface area contributed by atoms with E-state index in [0.717, 1.165) is 82.6 Å². The maximum Gasteiger partial charge on any atom is 0.227 e. The number of furan rings is 1. The predicted molar refractivity (Wildman–Crippen MR) is 234 cm³/mol. The maximum absolute atomic E-state index is 6.53. The molecule has 270 valence electrons. The Morgan fingerprint density at radius 3 is 1.88 bits per heavy atom. The van der Waals surface area contributed by atoms with Crippen molar-refractivity contribution in [2.24, 2.45) is 0 Å². The van der Waals surface area contributed by atoms with Crippen molar-refractivity contribution in [2.75, 3.05) is 0 Å². The lowest BCUT2D eigenvalue weighted by Crippen LogP contribution is -2.00. The highest BCUT2D eigenvalue weighted by Crippen LogP contribution is 2.41. The molecule has 58 heavy (non-hydrogen) atoms. The molecule has 0 aliphatic heterocycles. The number of hydrogen-bond acceptors (Lipinski definition) is 6. The Balaban J connectivity index is 1.05. The highest BCUT2D eigenvalue weighted by atomic mass is 16.3. The molecule has 0 amide bonds. The van der Waals surface area contributed by atoms with Crippen LogP contribution in [0.5, 0.6) is 0 Å². The van der Waals surface area contributed by atoms with Crippen molar-refractivity contribution in [3.63, 3.8) is 0 Å². The van der Waals surface area contributed by atoms with E-state index in [2.05, 4.69) is 103 Å². The van der Waals surface area contributed by atoms with Gasteiger partial charge in [-0.05, 0) is 80.5 Å². The molecule has 0 aliphatic carbocycles. The second kappa shape index (κ2) is 12.8. The number of rotatable bonds is 5. The van der Waals surface area contributed by atoms with Gasteiger partial charge in [0.25, 0.3) is 0 Å². The van der Waals surface area contributed by atoms with Crippen LogP contribution in [0.2, 0.25) is 0 Å². The van der Waals surface area contributed by atoms with Gasteiger partial charge in [-0.2, -0.15) is 0 Å². The maximum atomic E-state index is 6.53. The Labute approximate surface area is 331 Å². The van der Waals surface area contributed by atoms with E-state index in [1.54, 1.807) is 0 Å². The summed E-state index contributed by atoms with van der Waals surface area (Å²) < 4.78 is 13.1. The summed E-state index contributed by atoms with van der Waals surface area (Å²) in [4.78, 5) is 20.3. The number of fused-ring (bicyclic) bond motifs is 9. The fourth-order valence-electron chi connectivity index (χ4n) is 8.37. The lowest BCUT2D eigenvalue weighted by atomic mass is 9.95. The molecule has 0 atom stereocenters. The Morgan fingerprint density at radius 1 is 0.328 bits per heavy atom. The average Bonchev–Trinajstić information content (AvgIpc) is 3.91. The van der Waals surface area contributed by atoms with Gasteiger partial charge in [-0.25, -0.2) is 19.9 Å². The quantitative estimate of drug-likeness (QED) is 0.163. The summed E-state index contributed by atoms with van der Waals surface area (Å²) in [6, 6.07) is 62.4. The van der Waals surface area contributed by atoms with Gasteiger partial charge in [0, 0.05) is 38.4 Å². The van der Waals surface area contributed by atoms with Crippen LogP contribution in [0.25, 0.3) is 122 Å². The highest BCUT2D eigenvalue weighted by Gasteiger charge is 2.20. The van der Waals surface area contributed by atoms with Crippen LogP contribution >= 0.6 is 0 Å².